The first-order chi connectivity index (χ1) is 13.1. The van der Waals surface area contributed by atoms with Gasteiger partial charge in [-0.2, -0.15) is 5.26 Å². The van der Waals surface area contributed by atoms with Crippen LogP contribution in [-0.2, 0) is 9.47 Å². The molecule has 2 aromatic rings. The van der Waals surface area contributed by atoms with Gasteiger partial charge in [0.25, 0.3) is 0 Å². The van der Waals surface area contributed by atoms with E-state index in [-0.39, 0.29) is 24.0 Å². The monoisotopic (exact) mass is 362 g/mol. The Morgan fingerprint density at radius 3 is 2.85 bits per heavy atom. The zero-order chi connectivity index (χ0) is 19.0. The van der Waals surface area contributed by atoms with Gasteiger partial charge in [-0.1, -0.05) is 6.07 Å². The molecule has 2 aromatic carbocycles. The van der Waals surface area contributed by atoms with Gasteiger partial charge >= 0.3 is 5.97 Å². The van der Waals surface area contributed by atoms with Crippen LogP contribution in [0.25, 0.3) is 0 Å². The number of hydrogen-bond donors (Lipinski definition) is 1. The van der Waals surface area contributed by atoms with Gasteiger partial charge in [-0.05, 0) is 61.2 Å². The number of aryl methyl sites for hydroxylation is 1. The summed E-state index contributed by atoms with van der Waals surface area (Å²) in [5.74, 6) is -0.0441. The molecule has 0 aromatic heterocycles. The summed E-state index contributed by atoms with van der Waals surface area (Å²) in [6.45, 7) is 2.76. The van der Waals surface area contributed by atoms with Crippen LogP contribution in [0.3, 0.4) is 0 Å². The number of carbonyl (C=O) groups is 1. The van der Waals surface area contributed by atoms with E-state index in [9.17, 15) is 10.1 Å². The Hall–Kier alpha value is -2.84. The molecule has 5 heteroatoms. The first-order valence-electron chi connectivity index (χ1n) is 9.23. The van der Waals surface area contributed by atoms with E-state index in [1.165, 1.54) is 7.11 Å². The molecule has 0 radical (unpaired) electrons. The highest BCUT2D eigenvalue weighted by atomic mass is 16.5. The summed E-state index contributed by atoms with van der Waals surface area (Å²) < 4.78 is 11.0. The molecule has 2 heterocycles. The third-order valence-corrected chi connectivity index (χ3v) is 5.62. The van der Waals surface area contributed by atoms with E-state index in [0.717, 1.165) is 41.8 Å². The number of fused-ring (bicyclic) bond motifs is 3. The predicted molar refractivity (Wildman–Crippen MR) is 101 cm³/mol. The molecule has 3 atom stereocenters. The normalized spacial score (nSPS) is 23.4. The van der Waals surface area contributed by atoms with Crippen LogP contribution < -0.4 is 5.32 Å². The Bertz CT molecular complexity index is 932. The molecule has 1 saturated heterocycles. The van der Waals surface area contributed by atoms with Crippen LogP contribution in [0, 0.1) is 24.2 Å². The van der Waals surface area contributed by atoms with E-state index in [1.54, 1.807) is 0 Å². The maximum atomic E-state index is 11.8. The molecule has 0 spiro atoms. The van der Waals surface area contributed by atoms with Crippen molar-refractivity contribution in [3.05, 3.63) is 64.2 Å². The summed E-state index contributed by atoms with van der Waals surface area (Å²) in [6, 6.07) is 13.8. The van der Waals surface area contributed by atoms with Gasteiger partial charge in [-0.15, -0.1) is 0 Å². The first kappa shape index (κ1) is 17.6. The van der Waals surface area contributed by atoms with Crippen molar-refractivity contribution in [1.29, 1.82) is 5.26 Å². The second-order valence-corrected chi connectivity index (χ2v) is 7.20. The van der Waals surface area contributed by atoms with E-state index in [2.05, 4.69) is 11.4 Å². The lowest BCUT2D eigenvalue weighted by molar-refractivity contribution is -0.0382. The molecule has 1 N–H and O–H groups in total. The number of methoxy groups -OCH3 is 1. The van der Waals surface area contributed by atoms with Crippen molar-refractivity contribution in [1.82, 2.24) is 0 Å². The Balaban J connectivity index is 1.75. The number of esters is 1. The zero-order valence-electron chi connectivity index (χ0n) is 15.5. The quantitative estimate of drug-likeness (QED) is 0.807. The van der Waals surface area contributed by atoms with Crippen molar-refractivity contribution >= 4 is 11.7 Å². The van der Waals surface area contributed by atoms with Crippen LogP contribution in [0.15, 0.2) is 36.4 Å². The summed E-state index contributed by atoms with van der Waals surface area (Å²) in [4.78, 5) is 11.8. The van der Waals surface area contributed by atoms with Crippen LogP contribution in [0.4, 0.5) is 5.69 Å². The lowest BCUT2D eigenvalue weighted by Crippen LogP contribution is -2.36. The average Bonchev–Trinajstić information content (AvgIpc) is 2.72. The Morgan fingerprint density at radius 2 is 2.11 bits per heavy atom. The van der Waals surface area contributed by atoms with Crippen LogP contribution in [-0.4, -0.2) is 19.7 Å². The molecule has 0 aliphatic carbocycles. The van der Waals surface area contributed by atoms with Gasteiger partial charge in [0, 0.05) is 23.8 Å². The predicted octanol–water partition coefficient (Wildman–Crippen LogP) is 4.29. The summed E-state index contributed by atoms with van der Waals surface area (Å²) in [7, 11) is 1.39. The molecule has 0 bridgehead atoms. The van der Waals surface area contributed by atoms with Crippen molar-refractivity contribution in [2.75, 3.05) is 19.0 Å². The van der Waals surface area contributed by atoms with Gasteiger partial charge in [-0.25, -0.2) is 4.79 Å². The van der Waals surface area contributed by atoms with E-state index in [4.69, 9.17) is 9.47 Å². The van der Waals surface area contributed by atoms with Gasteiger partial charge in [0.15, 0.2) is 0 Å². The molecular weight excluding hydrogens is 340 g/mol. The number of carbonyl (C=O) groups excluding carboxylic acids is 1. The second-order valence-electron chi connectivity index (χ2n) is 7.20. The van der Waals surface area contributed by atoms with Gasteiger partial charge in [-0.3, -0.25) is 0 Å². The number of benzene rings is 2. The minimum Gasteiger partial charge on any atom is -0.465 e. The van der Waals surface area contributed by atoms with Gasteiger partial charge in [0.1, 0.15) is 0 Å². The Morgan fingerprint density at radius 1 is 1.26 bits per heavy atom. The fourth-order valence-corrected chi connectivity index (χ4v) is 4.32. The number of nitrogens with one attached hydrogen (secondary N) is 1. The fourth-order valence-electron chi connectivity index (χ4n) is 4.32. The van der Waals surface area contributed by atoms with Crippen LogP contribution in [0.5, 0.6) is 0 Å². The van der Waals surface area contributed by atoms with Crippen molar-refractivity contribution in [2.24, 2.45) is 5.92 Å². The molecule has 2 aliphatic heterocycles. The molecule has 5 nitrogen and oxygen atoms in total. The van der Waals surface area contributed by atoms with E-state index >= 15 is 0 Å². The number of anilines is 1. The molecule has 2 aliphatic rings. The summed E-state index contributed by atoms with van der Waals surface area (Å²) in [5.41, 5.74) is 5.51. The molecule has 0 saturated carbocycles. The molecule has 0 amide bonds. The number of rotatable bonds is 2. The van der Waals surface area contributed by atoms with E-state index in [1.807, 2.05) is 43.3 Å². The third kappa shape index (κ3) is 3.07. The number of hydrogen-bond acceptors (Lipinski definition) is 5. The molecule has 138 valence electrons. The standard InChI is InChI=1S/C22H22N2O3/c1-13-10-15(22(25)26-2)6-7-16(13)20-17-4-3-9-27-21(17)18-11-14(12-23)5-8-19(18)24-20/h5-8,10-11,17,20-21,24H,3-4,9H2,1-2H3/t17-,20+,21-/m1/s1. The lowest BCUT2D eigenvalue weighted by Gasteiger charge is -2.43. The molecule has 0 unspecified atom stereocenters. The third-order valence-electron chi connectivity index (χ3n) is 5.62. The topological polar surface area (TPSA) is 71.3 Å². The average molecular weight is 362 g/mol. The summed E-state index contributed by atoms with van der Waals surface area (Å²) in [6.07, 6.45) is 2.05. The van der Waals surface area contributed by atoms with Crippen molar-refractivity contribution in [3.63, 3.8) is 0 Å². The minimum absolute atomic E-state index is 0.0204. The highest BCUT2D eigenvalue weighted by Gasteiger charge is 2.40. The van der Waals surface area contributed by atoms with E-state index in [0.29, 0.717) is 11.1 Å². The van der Waals surface area contributed by atoms with Crippen LogP contribution >= 0.6 is 0 Å². The molecule has 1 fully saturated rings. The highest BCUT2D eigenvalue weighted by Crippen LogP contribution is 2.49. The Kier molecular flexibility index (Phi) is 4.59. The maximum Gasteiger partial charge on any atom is 0.337 e. The number of ether oxygens (including phenoxy) is 2. The van der Waals surface area contributed by atoms with Gasteiger partial charge in [0.2, 0.25) is 0 Å². The largest absolute Gasteiger partial charge is 0.465 e. The molecule has 27 heavy (non-hydrogen) atoms. The summed E-state index contributed by atoms with van der Waals surface area (Å²) >= 11 is 0. The second kappa shape index (κ2) is 7.05. The van der Waals surface area contributed by atoms with Gasteiger partial charge < -0.3 is 14.8 Å². The maximum absolute atomic E-state index is 11.8. The summed E-state index contributed by atoms with van der Waals surface area (Å²) in [5, 5.41) is 12.9. The highest BCUT2D eigenvalue weighted by molar-refractivity contribution is 5.89. The SMILES string of the molecule is COC(=O)c1ccc([C@@H]2Nc3ccc(C#N)cc3[C@@H]3OCCC[C@H]23)c(C)c1. The Labute approximate surface area is 158 Å². The van der Waals surface area contributed by atoms with Gasteiger partial charge in [0.05, 0.1) is 36.5 Å². The van der Waals surface area contributed by atoms with E-state index < -0.39 is 0 Å². The minimum atomic E-state index is -0.325. The van der Waals surface area contributed by atoms with Crippen molar-refractivity contribution in [3.8, 4) is 6.07 Å². The lowest BCUT2D eigenvalue weighted by atomic mass is 9.76. The number of nitrogens with zero attached hydrogens (tertiary/aromatic N) is 1. The number of nitriles is 1. The van der Waals surface area contributed by atoms with Crippen LogP contribution in [0.1, 0.15) is 57.6 Å². The first-order valence-corrected chi connectivity index (χ1v) is 9.23. The molecular formula is C22H22N2O3. The zero-order valence-corrected chi connectivity index (χ0v) is 15.5. The van der Waals surface area contributed by atoms with Crippen molar-refractivity contribution in [2.45, 2.75) is 31.9 Å². The van der Waals surface area contributed by atoms with Crippen LogP contribution in [0.2, 0.25) is 0 Å². The smallest absolute Gasteiger partial charge is 0.337 e. The molecule has 4 rings (SSSR count). The fraction of sp³-hybridized carbons (Fsp3) is 0.364. The van der Waals surface area contributed by atoms with Crippen molar-refractivity contribution < 1.29 is 14.3 Å².